The van der Waals surface area contributed by atoms with E-state index in [2.05, 4.69) is 5.32 Å². The molecule has 1 unspecified atom stereocenters. The van der Waals surface area contributed by atoms with Crippen molar-refractivity contribution in [2.45, 2.75) is 46.1 Å². The Morgan fingerprint density at radius 1 is 1.07 bits per heavy atom. The van der Waals surface area contributed by atoms with Crippen LogP contribution in [0.1, 0.15) is 38.3 Å². The molecule has 2 aromatic rings. The summed E-state index contributed by atoms with van der Waals surface area (Å²) in [6.07, 6.45) is 2.98. The van der Waals surface area contributed by atoms with E-state index in [1.165, 1.54) is 11.4 Å². The highest BCUT2D eigenvalue weighted by atomic mass is 32.2. The molecule has 158 valence electrons. The van der Waals surface area contributed by atoms with Gasteiger partial charge in [-0.3, -0.25) is 9.10 Å². The number of hydrogen-bond acceptors (Lipinski definition) is 4. The van der Waals surface area contributed by atoms with Gasteiger partial charge in [0.25, 0.3) is 0 Å². The Balaban J connectivity index is 2.47. The Labute approximate surface area is 173 Å². The van der Waals surface area contributed by atoms with E-state index in [4.69, 9.17) is 4.74 Å². The first-order chi connectivity index (χ1) is 13.8. The number of sulfonamides is 1. The second kappa shape index (κ2) is 9.78. The number of nitrogens with one attached hydrogen (secondary N) is 1. The number of para-hydroxylation sites is 1. The SMILES string of the molecule is CCc1cccc(CC)c1NC(=O)C(CC)N(c1cccc(OC)c1)S(C)(=O)=O. The number of ether oxygens (including phenoxy) is 1. The zero-order chi connectivity index (χ0) is 21.6. The molecule has 1 amide bonds. The minimum atomic E-state index is -3.71. The third-order valence-electron chi connectivity index (χ3n) is 4.88. The molecule has 1 atom stereocenters. The van der Waals surface area contributed by atoms with Crippen molar-refractivity contribution < 1.29 is 17.9 Å². The summed E-state index contributed by atoms with van der Waals surface area (Å²) in [7, 11) is -2.19. The van der Waals surface area contributed by atoms with Crippen LogP contribution in [0.2, 0.25) is 0 Å². The lowest BCUT2D eigenvalue weighted by molar-refractivity contribution is -0.117. The van der Waals surface area contributed by atoms with Crippen LogP contribution in [0.25, 0.3) is 0 Å². The predicted molar refractivity (Wildman–Crippen MR) is 118 cm³/mol. The van der Waals surface area contributed by atoms with Crippen LogP contribution in [0.5, 0.6) is 5.75 Å². The van der Waals surface area contributed by atoms with E-state index in [-0.39, 0.29) is 5.91 Å². The topological polar surface area (TPSA) is 75.7 Å². The first kappa shape index (κ1) is 22.7. The average Bonchev–Trinajstić information content (AvgIpc) is 2.70. The zero-order valence-electron chi connectivity index (χ0n) is 17.7. The van der Waals surface area contributed by atoms with E-state index >= 15 is 0 Å². The molecule has 2 rings (SSSR count). The highest BCUT2D eigenvalue weighted by molar-refractivity contribution is 7.92. The predicted octanol–water partition coefficient (Wildman–Crippen LogP) is 4.00. The first-order valence-electron chi connectivity index (χ1n) is 9.81. The minimum Gasteiger partial charge on any atom is -0.497 e. The van der Waals surface area contributed by atoms with Crippen molar-refractivity contribution in [3.63, 3.8) is 0 Å². The largest absolute Gasteiger partial charge is 0.497 e. The number of aryl methyl sites for hydroxylation is 2. The van der Waals surface area contributed by atoms with Crippen LogP contribution < -0.4 is 14.4 Å². The molecule has 7 heteroatoms. The van der Waals surface area contributed by atoms with Gasteiger partial charge in [0, 0.05) is 11.8 Å². The van der Waals surface area contributed by atoms with Crippen LogP contribution in [-0.4, -0.2) is 33.7 Å². The number of carbonyl (C=O) groups is 1. The number of methoxy groups -OCH3 is 1. The van der Waals surface area contributed by atoms with Gasteiger partial charge in [-0.1, -0.05) is 45.0 Å². The van der Waals surface area contributed by atoms with E-state index in [0.29, 0.717) is 17.9 Å². The molecule has 0 spiro atoms. The van der Waals surface area contributed by atoms with E-state index in [1.807, 2.05) is 32.0 Å². The highest BCUT2D eigenvalue weighted by Gasteiger charge is 2.32. The normalized spacial score (nSPS) is 12.3. The van der Waals surface area contributed by atoms with Gasteiger partial charge in [-0.25, -0.2) is 8.42 Å². The van der Waals surface area contributed by atoms with Gasteiger partial charge >= 0.3 is 0 Å². The maximum Gasteiger partial charge on any atom is 0.248 e. The molecule has 0 bridgehead atoms. The van der Waals surface area contributed by atoms with Gasteiger partial charge < -0.3 is 10.1 Å². The van der Waals surface area contributed by atoms with Gasteiger partial charge in [-0.05, 0) is 42.5 Å². The van der Waals surface area contributed by atoms with Crippen LogP contribution in [0, 0.1) is 0 Å². The van der Waals surface area contributed by atoms with Crippen molar-refractivity contribution >= 4 is 27.3 Å². The van der Waals surface area contributed by atoms with Crippen molar-refractivity contribution in [3.8, 4) is 5.75 Å². The number of benzene rings is 2. The summed E-state index contributed by atoms with van der Waals surface area (Å²) in [6.45, 7) is 5.86. The summed E-state index contributed by atoms with van der Waals surface area (Å²) in [5.74, 6) is 0.173. The highest BCUT2D eigenvalue weighted by Crippen LogP contribution is 2.28. The summed E-state index contributed by atoms with van der Waals surface area (Å²) >= 11 is 0. The fourth-order valence-corrected chi connectivity index (χ4v) is 4.62. The van der Waals surface area contributed by atoms with Crippen LogP contribution in [-0.2, 0) is 27.7 Å². The standard InChI is InChI=1S/C22H30N2O4S/c1-6-16-11-9-12-17(7-2)21(16)23-22(25)20(8-3)24(29(5,26)27)18-13-10-14-19(15-18)28-4/h9-15,20H,6-8H2,1-5H3,(H,23,25). The number of amides is 1. The third kappa shape index (κ3) is 5.29. The molecule has 1 N–H and O–H groups in total. The zero-order valence-corrected chi connectivity index (χ0v) is 18.5. The number of rotatable bonds is 9. The molecule has 0 aliphatic heterocycles. The van der Waals surface area contributed by atoms with Gasteiger partial charge in [0.05, 0.1) is 19.1 Å². The minimum absolute atomic E-state index is 0.325. The molecule has 6 nitrogen and oxygen atoms in total. The summed E-state index contributed by atoms with van der Waals surface area (Å²) in [5, 5.41) is 3.01. The monoisotopic (exact) mass is 418 g/mol. The number of carbonyl (C=O) groups excluding carboxylic acids is 1. The second-order valence-electron chi connectivity index (χ2n) is 6.83. The Kier molecular flexibility index (Phi) is 7.67. The van der Waals surface area contributed by atoms with Crippen molar-refractivity contribution in [2.75, 3.05) is 23.0 Å². The van der Waals surface area contributed by atoms with E-state index < -0.39 is 16.1 Å². The molecular formula is C22H30N2O4S. The van der Waals surface area contributed by atoms with Crippen LogP contribution in [0.3, 0.4) is 0 Å². The molecule has 0 heterocycles. The fraction of sp³-hybridized carbons (Fsp3) is 0.409. The number of anilines is 2. The van der Waals surface area contributed by atoms with Gasteiger partial charge in [-0.15, -0.1) is 0 Å². The smallest absolute Gasteiger partial charge is 0.248 e. The van der Waals surface area contributed by atoms with E-state index in [1.54, 1.807) is 31.2 Å². The summed E-state index contributed by atoms with van der Waals surface area (Å²) in [6, 6.07) is 11.8. The van der Waals surface area contributed by atoms with Crippen LogP contribution in [0.4, 0.5) is 11.4 Å². The average molecular weight is 419 g/mol. The maximum atomic E-state index is 13.2. The number of nitrogens with zero attached hydrogens (tertiary/aromatic N) is 1. The Bertz CT molecular complexity index is 935. The first-order valence-corrected chi connectivity index (χ1v) is 11.7. The van der Waals surface area contributed by atoms with Crippen molar-refractivity contribution in [3.05, 3.63) is 53.6 Å². The Morgan fingerprint density at radius 3 is 2.14 bits per heavy atom. The third-order valence-corrected chi connectivity index (χ3v) is 6.06. The van der Waals surface area contributed by atoms with Gasteiger partial charge in [0.1, 0.15) is 11.8 Å². The lowest BCUT2D eigenvalue weighted by atomic mass is 10.0. The van der Waals surface area contributed by atoms with Crippen LogP contribution >= 0.6 is 0 Å². The van der Waals surface area contributed by atoms with Crippen molar-refractivity contribution in [2.24, 2.45) is 0 Å². The molecule has 29 heavy (non-hydrogen) atoms. The van der Waals surface area contributed by atoms with E-state index in [9.17, 15) is 13.2 Å². The van der Waals surface area contributed by atoms with Gasteiger partial charge in [0.15, 0.2) is 0 Å². The summed E-state index contributed by atoms with van der Waals surface area (Å²) in [4.78, 5) is 13.2. The quantitative estimate of drug-likeness (QED) is 0.668. The molecule has 0 aliphatic rings. The second-order valence-corrected chi connectivity index (χ2v) is 8.69. The number of hydrogen-bond donors (Lipinski definition) is 1. The lowest BCUT2D eigenvalue weighted by Crippen LogP contribution is -2.47. The molecule has 0 fully saturated rings. The molecule has 0 radical (unpaired) electrons. The summed E-state index contributed by atoms with van der Waals surface area (Å²) < 4.78 is 31.7. The summed E-state index contributed by atoms with van der Waals surface area (Å²) in [5.41, 5.74) is 3.23. The molecule has 2 aromatic carbocycles. The maximum absolute atomic E-state index is 13.2. The molecule has 0 aromatic heterocycles. The van der Waals surface area contributed by atoms with E-state index in [0.717, 1.165) is 35.9 Å². The molecular weight excluding hydrogens is 388 g/mol. The van der Waals surface area contributed by atoms with Crippen molar-refractivity contribution in [1.29, 1.82) is 0 Å². The van der Waals surface area contributed by atoms with Gasteiger partial charge in [-0.2, -0.15) is 0 Å². The van der Waals surface area contributed by atoms with Gasteiger partial charge in [0.2, 0.25) is 15.9 Å². The lowest BCUT2D eigenvalue weighted by Gasteiger charge is -2.30. The van der Waals surface area contributed by atoms with Crippen LogP contribution in [0.15, 0.2) is 42.5 Å². The molecule has 0 saturated carbocycles. The Hall–Kier alpha value is -2.54. The molecule has 0 saturated heterocycles. The Morgan fingerprint density at radius 2 is 1.66 bits per heavy atom. The molecule has 0 aliphatic carbocycles. The fourth-order valence-electron chi connectivity index (χ4n) is 3.42. The van der Waals surface area contributed by atoms with Crippen molar-refractivity contribution in [1.82, 2.24) is 0 Å².